The van der Waals surface area contributed by atoms with E-state index < -0.39 is 30.4 Å². The molecule has 0 bridgehead atoms. The summed E-state index contributed by atoms with van der Waals surface area (Å²) in [6.07, 6.45) is 1.41. The lowest BCUT2D eigenvalue weighted by Crippen LogP contribution is -2.31. The molecule has 2 aromatic rings. The lowest BCUT2D eigenvalue weighted by atomic mass is 10.2. The second-order valence-electron chi connectivity index (χ2n) is 6.04. The Balaban J connectivity index is 1.86. The maximum absolute atomic E-state index is 11.4. The number of esters is 2. The van der Waals surface area contributed by atoms with Gasteiger partial charge in [-0.15, -0.1) is 0 Å². The second kappa shape index (κ2) is 7.66. The summed E-state index contributed by atoms with van der Waals surface area (Å²) in [5.74, 6) is -0.900. The summed E-state index contributed by atoms with van der Waals surface area (Å²) < 4.78 is 17.9. The van der Waals surface area contributed by atoms with Gasteiger partial charge in [-0.3, -0.25) is 19.0 Å². The minimum absolute atomic E-state index is 0.0392. The Morgan fingerprint density at radius 3 is 2.67 bits per heavy atom. The molecule has 0 spiro atoms. The minimum Gasteiger partial charge on any atom is -0.463 e. The number of carbonyl (C=O) groups is 3. The summed E-state index contributed by atoms with van der Waals surface area (Å²) in [5.41, 5.74) is 0.859. The molecule has 27 heavy (non-hydrogen) atoms. The Labute approximate surface area is 154 Å². The van der Waals surface area contributed by atoms with Crippen molar-refractivity contribution < 1.29 is 28.6 Å². The van der Waals surface area contributed by atoms with Crippen molar-refractivity contribution in [3.05, 3.63) is 12.7 Å². The van der Waals surface area contributed by atoms with Crippen LogP contribution in [0.4, 0.5) is 5.82 Å². The first-order valence-corrected chi connectivity index (χ1v) is 8.26. The number of nitrogens with one attached hydrogen (secondary N) is 1. The number of carbonyl (C=O) groups excluding carboxylic acids is 3. The van der Waals surface area contributed by atoms with E-state index in [1.54, 1.807) is 4.57 Å². The zero-order valence-electron chi connectivity index (χ0n) is 15.0. The molecule has 3 atom stereocenters. The molecule has 0 aliphatic carbocycles. The van der Waals surface area contributed by atoms with Gasteiger partial charge < -0.3 is 19.5 Å². The van der Waals surface area contributed by atoms with E-state index in [1.165, 1.54) is 33.4 Å². The van der Waals surface area contributed by atoms with Gasteiger partial charge in [-0.2, -0.15) is 0 Å². The van der Waals surface area contributed by atoms with E-state index in [0.717, 1.165) is 0 Å². The molecule has 1 aliphatic rings. The molecule has 1 saturated heterocycles. The van der Waals surface area contributed by atoms with Gasteiger partial charge in [0.15, 0.2) is 17.0 Å². The van der Waals surface area contributed by atoms with Crippen LogP contribution in [-0.4, -0.2) is 56.2 Å². The van der Waals surface area contributed by atoms with Crippen LogP contribution < -0.4 is 5.32 Å². The summed E-state index contributed by atoms with van der Waals surface area (Å²) in [6.45, 7) is 3.92. The van der Waals surface area contributed by atoms with Crippen molar-refractivity contribution in [2.45, 2.75) is 45.6 Å². The van der Waals surface area contributed by atoms with Crippen LogP contribution in [0.1, 0.15) is 33.4 Å². The van der Waals surface area contributed by atoms with Gasteiger partial charge in [0, 0.05) is 27.2 Å². The number of imidazole rings is 1. The fourth-order valence-corrected chi connectivity index (χ4v) is 2.88. The summed E-state index contributed by atoms with van der Waals surface area (Å²) in [6, 6.07) is 0. The molecule has 11 nitrogen and oxygen atoms in total. The van der Waals surface area contributed by atoms with E-state index in [2.05, 4.69) is 20.3 Å². The number of hydrogen-bond acceptors (Lipinski definition) is 9. The van der Waals surface area contributed by atoms with E-state index in [1.807, 2.05) is 0 Å². The van der Waals surface area contributed by atoms with Gasteiger partial charge in [-0.25, -0.2) is 15.0 Å². The van der Waals surface area contributed by atoms with Gasteiger partial charge in [0.25, 0.3) is 0 Å². The van der Waals surface area contributed by atoms with Gasteiger partial charge >= 0.3 is 11.9 Å². The number of amides is 1. The molecule has 1 N–H and O–H groups in total. The maximum Gasteiger partial charge on any atom is 0.303 e. The highest BCUT2D eigenvalue weighted by molar-refractivity contribution is 5.95. The molecule has 0 aromatic carbocycles. The third kappa shape index (κ3) is 4.19. The summed E-state index contributed by atoms with van der Waals surface area (Å²) in [5, 5.41) is 2.59. The van der Waals surface area contributed by atoms with E-state index in [-0.39, 0.29) is 18.3 Å². The van der Waals surface area contributed by atoms with Crippen molar-refractivity contribution in [1.82, 2.24) is 19.5 Å². The fourth-order valence-electron chi connectivity index (χ4n) is 2.88. The predicted molar refractivity (Wildman–Crippen MR) is 90.3 cm³/mol. The molecule has 0 unspecified atom stereocenters. The van der Waals surface area contributed by atoms with E-state index in [0.29, 0.717) is 17.6 Å². The molecule has 144 valence electrons. The number of hydrogen-bond donors (Lipinski definition) is 1. The van der Waals surface area contributed by atoms with Crippen LogP contribution in [0.15, 0.2) is 12.7 Å². The Morgan fingerprint density at radius 1 is 1.22 bits per heavy atom. The fraction of sp³-hybridized carbons (Fsp3) is 0.500. The van der Waals surface area contributed by atoms with Crippen LogP contribution in [0.3, 0.4) is 0 Å². The number of anilines is 1. The van der Waals surface area contributed by atoms with Crippen LogP contribution in [0.25, 0.3) is 11.2 Å². The number of fused-ring (bicyclic) bond motifs is 1. The molecule has 1 aliphatic heterocycles. The Morgan fingerprint density at radius 2 is 2.00 bits per heavy atom. The molecule has 0 radical (unpaired) electrons. The summed E-state index contributed by atoms with van der Waals surface area (Å²) in [7, 11) is 0. The van der Waals surface area contributed by atoms with Gasteiger partial charge in [0.05, 0.1) is 6.33 Å². The third-order valence-corrected chi connectivity index (χ3v) is 3.91. The number of aromatic nitrogens is 4. The zero-order chi connectivity index (χ0) is 19.6. The second-order valence-corrected chi connectivity index (χ2v) is 6.04. The highest BCUT2D eigenvalue weighted by atomic mass is 16.6. The maximum atomic E-state index is 11.4. The van der Waals surface area contributed by atoms with Crippen LogP contribution >= 0.6 is 0 Å². The molecule has 0 saturated carbocycles. The Bertz CT molecular complexity index is 881. The van der Waals surface area contributed by atoms with Crippen LogP contribution in [0, 0.1) is 0 Å². The third-order valence-electron chi connectivity index (χ3n) is 3.91. The summed E-state index contributed by atoms with van der Waals surface area (Å²) >= 11 is 0. The van der Waals surface area contributed by atoms with Crippen molar-refractivity contribution in [2.24, 2.45) is 0 Å². The Hall–Kier alpha value is -3.08. The first-order chi connectivity index (χ1) is 12.8. The number of ether oxygens (including phenoxy) is 3. The van der Waals surface area contributed by atoms with Gasteiger partial charge in [-0.1, -0.05) is 0 Å². The first-order valence-electron chi connectivity index (χ1n) is 8.26. The molecular weight excluding hydrogens is 358 g/mol. The molecule has 11 heteroatoms. The Kier molecular flexibility index (Phi) is 5.31. The zero-order valence-corrected chi connectivity index (χ0v) is 15.0. The predicted octanol–water partition coefficient (Wildman–Crippen LogP) is 0.567. The van der Waals surface area contributed by atoms with E-state index in [4.69, 9.17) is 14.2 Å². The highest BCUT2D eigenvalue weighted by Gasteiger charge is 2.40. The van der Waals surface area contributed by atoms with Crippen LogP contribution in [-0.2, 0) is 28.6 Å². The normalized spacial score (nSPS) is 21.8. The van der Waals surface area contributed by atoms with Crippen molar-refractivity contribution in [1.29, 1.82) is 0 Å². The lowest BCUT2D eigenvalue weighted by molar-refractivity contribution is -0.155. The monoisotopic (exact) mass is 377 g/mol. The van der Waals surface area contributed by atoms with E-state index in [9.17, 15) is 14.4 Å². The quantitative estimate of drug-likeness (QED) is 0.742. The first kappa shape index (κ1) is 18.7. The molecule has 3 rings (SSSR count). The largest absolute Gasteiger partial charge is 0.463 e. The van der Waals surface area contributed by atoms with Crippen LogP contribution in [0.2, 0.25) is 0 Å². The smallest absolute Gasteiger partial charge is 0.303 e. The average molecular weight is 377 g/mol. The highest BCUT2D eigenvalue weighted by Crippen LogP contribution is 2.33. The lowest BCUT2D eigenvalue weighted by Gasteiger charge is -2.17. The molecule has 1 amide bonds. The van der Waals surface area contributed by atoms with Gasteiger partial charge in [0.1, 0.15) is 31.4 Å². The van der Waals surface area contributed by atoms with Gasteiger partial charge in [-0.05, 0) is 0 Å². The van der Waals surface area contributed by atoms with Crippen molar-refractivity contribution in [3.63, 3.8) is 0 Å². The van der Waals surface area contributed by atoms with Crippen LogP contribution in [0.5, 0.6) is 0 Å². The molecule has 3 heterocycles. The van der Waals surface area contributed by atoms with Crippen molar-refractivity contribution in [2.75, 3.05) is 11.9 Å². The minimum atomic E-state index is -0.614. The molecular formula is C16H19N5O6. The van der Waals surface area contributed by atoms with E-state index >= 15 is 0 Å². The van der Waals surface area contributed by atoms with Crippen molar-refractivity contribution in [3.8, 4) is 0 Å². The standard InChI is InChI=1S/C16H19N5O6/c1-8(22)20-15-14-16(18-6-17-15)21(7-19-14)13-4-11(26-10(3)24)12(27-13)5-25-9(2)23/h6-7,11-13H,4-5H2,1-3H3,(H,17,18,20,22)/t11-,12+,13+/m1/s1. The molecule has 1 fully saturated rings. The molecule has 2 aromatic heterocycles. The topological polar surface area (TPSA) is 135 Å². The van der Waals surface area contributed by atoms with Crippen molar-refractivity contribution >= 4 is 34.8 Å². The SMILES string of the molecule is CC(=O)Nc1ncnc2c1ncn2[C@@H]1C[C@@H](OC(C)=O)[C@H](COC(C)=O)O1. The van der Waals surface area contributed by atoms with Gasteiger partial charge in [0.2, 0.25) is 5.91 Å². The number of nitrogens with zero attached hydrogens (tertiary/aromatic N) is 4. The average Bonchev–Trinajstić information content (AvgIpc) is 3.16. The number of rotatable bonds is 5. The summed E-state index contributed by atoms with van der Waals surface area (Å²) in [4.78, 5) is 46.2.